The van der Waals surface area contributed by atoms with Crippen LogP contribution in [0.3, 0.4) is 0 Å². The minimum atomic E-state index is -0.0807. The van der Waals surface area contributed by atoms with E-state index in [-0.39, 0.29) is 24.0 Å². The highest BCUT2D eigenvalue weighted by Gasteiger charge is 2.39. The van der Waals surface area contributed by atoms with Gasteiger partial charge in [0.15, 0.2) is 0 Å². The third-order valence-electron chi connectivity index (χ3n) is 6.75. The third-order valence-corrected chi connectivity index (χ3v) is 6.75. The van der Waals surface area contributed by atoms with Gasteiger partial charge in [-0.1, -0.05) is 30.7 Å². The molecular weight excluding hydrogens is 352 g/mol. The highest BCUT2D eigenvalue weighted by Crippen LogP contribution is 2.39. The van der Waals surface area contributed by atoms with E-state index in [2.05, 4.69) is 22.8 Å². The largest absolute Gasteiger partial charge is 0.353 e. The molecular formula is C22H32N4O2. The molecule has 2 saturated carbocycles. The van der Waals surface area contributed by atoms with Crippen molar-refractivity contribution in [1.82, 2.24) is 15.5 Å². The van der Waals surface area contributed by atoms with E-state index < -0.39 is 0 Å². The molecule has 0 aromatic heterocycles. The molecule has 2 aliphatic carbocycles. The normalized spacial score (nSPS) is 29.0. The molecule has 1 heterocycles. The molecule has 6 heteroatoms. The van der Waals surface area contributed by atoms with Crippen molar-refractivity contribution in [3.8, 4) is 0 Å². The molecule has 3 aliphatic rings. The summed E-state index contributed by atoms with van der Waals surface area (Å²) in [6, 6.07) is 8.74. The molecule has 3 amide bonds. The number of nitrogens with zero attached hydrogens (tertiary/aromatic N) is 1. The second kappa shape index (κ2) is 8.52. The molecule has 1 aliphatic heterocycles. The SMILES string of the molecule is NC1CC2CCCC(C1)C2NC(=O)CCNC(=O)N1CCc2ccccc2C1. The van der Waals surface area contributed by atoms with Crippen LogP contribution in [0.15, 0.2) is 24.3 Å². The van der Waals surface area contributed by atoms with Crippen LogP contribution in [0.2, 0.25) is 0 Å². The molecule has 0 radical (unpaired) electrons. The van der Waals surface area contributed by atoms with Crippen LogP contribution in [-0.4, -0.2) is 42.0 Å². The van der Waals surface area contributed by atoms with Gasteiger partial charge in [-0.25, -0.2) is 4.79 Å². The summed E-state index contributed by atoms with van der Waals surface area (Å²) < 4.78 is 0. The molecule has 2 bridgehead atoms. The highest BCUT2D eigenvalue weighted by atomic mass is 16.2. The second-order valence-electron chi connectivity index (χ2n) is 8.70. The Hall–Kier alpha value is -2.08. The predicted molar refractivity (Wildman–Crippen MR) is 109 cm³/mol. The zero-order valence-corrected chi connectivity index (χ0v) is 16.5. The minimum absolute atomic E-state index is 0.0432. The zero-order valence-electron chi connectivity index (χ0n) is 16.5. The van der Waals surface area contributed by atoms with Crippen molar-refractivity contribution in [2.24, 2.45) is 17.6 Å². The van der Waals surface area contributed by atoms with Crippen molar-refractivity contribution >= 4 is 11.9 Å². The van der Waals surface area contributed by atoms with Gasteiger partial charge in [-0.05, 0) is 55.1 Å². The number of urea groups is 1. The van der Waals surface area contributed by atoms with Gasteiger partial charge in [0.2, 0.25) is 5.91 Å². The van der Waals surface area contributed by atoms with Gasteiger partial charge in [0, 0.05) is 38.1 Å². The quantitative estimate of drug-likeness (QED) is 0.743. The molecule has 0 saturated heterocycles. The van der Waals surface area contributed by atoms with E-state index in [9.17, 15) is 9.59 Å². The number of amides is 3. The van der Waals surface area contributed by atoms with Gasteiger partial charge in [0.25, 0.3) is 0 Å². The highest BCUT2D eigenvalue weighted by molar-refractivity contribution is 5.78. The van der Waals surface area contributed by atoms with Gasteiger partial charge >= 0.3 is 6.03 Å². The Bertz CT molecular complexity index is 708. The van der Waals surface area contributed by atoms with E-state index >= 15 is 0 Å². The zero-order chi connectivity index (χ0) is 19.5. The second-order valence-corrected chi connectivity index (χ2v) is 8.70. The number of benzene rings is 1. The van der Waals surface area contributed by atoms with Crippen LogP contribution in [0.25, 0.3) is 0 Å². The van der Waals surface area contributed by atoms with E-state index in [4.69, 9.17) is 5.73 Å². The molecule has 4 N–H and O–H groups in total. The van der Waals surface area contributed by atoms with E-state index in [1.165, 1.54) is 30.4 Å². The Kier molecular flexibility index (Phi) is 5.85. The van der Waals surface area contributed by atoms with Crippen LogP contribution >= 0.6 is 0 Å². The topological polar surface area (TPSA) is 87.5 Å². The lowest BCUT2D eigenvalue weighted by Crippen LogP contribution is -2.54. The van der Waals surface area contributed by atoms with Crippen molar-refractivity contribution in [2.75, 3.05) is 13.1 Å². The summed E-state index contributed by atoms with van der Waals surface area (Å²) in [5.74, 6) is 1.09. The van der Waals surface area contributed by atoms with Crippen molar-refractivity contribution < 1.29 is 9.59 Å². The summed E-state index contributed by atoms with van der Waals surface area (Å²) in [6.45, 7) is 1.74. The molecule has 2 unspecified atom stereocenters. The van der Waals surface area contributed by atoms with Crippen molar-refractivity contribution in [3.05, 3.63) is 35.4 Å². The lowest BCUT2D eigenvalue weighted by molar-refractivity contribution is -0.123. The predicted octanol–water partition coefficient (Wildman–Crippen LogP) is 2.17. The number of rotatable bonds is 4. The maximum Gasteiger partial charge on any atom is 0.317 e. The summed E-state index contributed by atoms with van der Waals surface area (Å²) in [6.07, 6.45) is 6.85. The smallest absolute Gasteiger partial charge is 0.317 e. The van der Waals surface area contributed by atoms with Gasteiger partial charge in [-0.2, -0.15) is 0 Å². The fourth-order valence-electron chi connectivity index (χ4n) is 5.35. The Labute approximate surface area is 167 Å². The Balaban J connectivity index is 1.21. The number of hydrogen-bond acceptors (Lipinski definition) is 3. The number of carbonyl (C=O) groups is 2. The molecule has 1 aromatic rings. The number of nitrogens with one attached hydrogen (secondary N) is 2. The summed E-state index contributed by atoms with van der Waals surface area (Å²) in [5.41, 5.74) is 8.70. The van der Waals surface area contributed by atoms with Crippen molar-refractivity contribution in [2.45, 2.75) is 63.6 Å². The maximum atomic E-state index is 12.4. The van der Waals surface area contributed by atoms with Gasteiger partial charge in [0.1, 0.15) is 0 Å². The van der Waals surface area contributed by atoms with Gasteiger partial charge in [-0.3, -0.25) is 4.79 Å². The molecule has 0 spiro atoms. The molecule has 6 nitrogen and oxygen atoms in total. The lowest BCUT2D eigenvalue weighted by atomic mass is 9.67. The summed E-state index contributed by atoms with van der Waals surface area (Å²) in [7, 11) is 0. The van der Waals surface area contributed by atoms with Crippen molar-refractivity contribution in [1.29, 1.82) is 0 Å². The number of fused-ring (bicyclic) bond motifs is 3. The fraction of sp³-hybridized carbons (Fsp3) is 0.636. The van der Waals surface area contributed by atoms with Gasteiger partial charge < -0.3 is 21.3 Å². The molecule has 1 aromatic carbocycles. The van der Waals surface area contributed by atoms with Crippen LogP contribution in [0.1, 0.15) is 49.7 Å². The summed E-state index contributed by atoms with van der Waals surface area (Å²) in [4.78, 5) is 26.7. The number of hydrogen-bond donors (Lipinski definition) is 3. The lowest BCUT2D eigenvalue weighted by Gasteiger charge is -2.45. The van der Waals surface area contributed by atoms with Crippen molar-refractivity contribution in [3.63, 3.8) is 0 Å². The van der Waals surface area contributed by atoms with E-state index in [0.29, 0.717) is 31.3 Å². The third kappa shape index (κ3) is 4.32. The first-order valence-electron chi connectivity index (χ1n) is 10.7. The Morgan fingerprint density at radius 3 is 2.57 bits per heavy atom. The van der Waals surface area contributed by atoms with Gasteiger partial charge in [-0.15, -0.1) is 0 Å². The average Bonchev–Trinajstić information content (AvgIpc) is 2.68. The van der Waals surface area contributed by atoms with Crippen LogP contribution in [0, 0.1) is 11.8 Å². The van der Waals surface area contributed by atoms with Crippen LogP contribution in [-0.2, 0) is 17.8 Å². The van der Waals surface area contributed by atoms with E-state index in [0.717, 1.165) is 25.8 Å². The number of carbonyl (C=O) groups excluding carboxylic acids is 2. The molecule has 4 rings (SSSR count). The van der Waals surface area contributed by atoms with Gasteiger partial charge in [0.05, 0.1) is 0 Å². The summed E-state index contributed by atoms with van der Waals surface area (Å²) >= 11 is 0. The minimum Gasteiger partial charge on any atom is -0.353 e. The number of nitrogens with two attached hydrogens (primary N) is 1. The van der Waals surface area contributed by atoms with Crippen LogP contribution in [0.5, 0.6) is 0 Å². The first kappa shape index (κ1) is 19.2. The van der Waals surface area contributed by atoms with Crippen LogP contribution < -0.4 is 16.4 Å². The molecule has 2 atom stereocenters. The Morgan fingerprint density at radius 1 is 1.11 bits per heavy atom. The molecule has 28 heavy (non-hydrogen) atoms. The first-order chi connectivity index (χ1) is 13.6. The first-order valence-corrected chi connectivity index (χ1v) is 10.7. The molecule has 152 valence electrons. The monoisotopic (exact) mass is 384 g/mol. The standard InChI is InChI=1S/C22H32N4O2/c23-19-12-16-6-3-7-17(13-19)21(16)25-20(27)8-10-24-22(28)26-11-9-15-4-1-2-5-18(15)14-26/h1-2,4-5,16-17,19,21H,3,6-14,23H2,(H,24,28)(H,25,27). The molecule has 2 fully saturated rings. The van der Waals surface area contributed by atoms with E-state index in [1.54, 1.807) is 0 Å². The van der Waals surface area contributed by atoms with E-state index in [1.807, 2.05) is 17.0 Å². The summed E-state index contributed by atoms with van der Waals surface area (Å²) in [5, 5.41) is 6.16. The fourth-order valence-corrected chi connectivity index (χ4v) is 5.35. The Morgan fingerprint density at radius 2 is 1.82 bits per heavy atom. The average molecular weight is 385 g/mol. The maximum absolute atomic E-state index is 12.4. The van der Waals surface area contributed by atoms with Crippen LogP contribution in [0.4, 0.5) is 4.79 Å².